The van der Waals surface area contributed by atoms with E-state index in [0.717, 1.165) is 0 Å². The molecule has 0 radical (unpaired) electrons. The van der Waals surface area contributed by atoms with Crippen LogP contribution in [0.2, 0.25) is 0 Å². The van der Waals surface area contributed by atoms with Crippen LogP contribution in [0.15, 0.2) is 0 Å². The van der Waals surface area contributed by atoms with Gasteiger partial charge in [0.2, 0.25) is 0 Å². The molecule has 1 fully saturated rings. The Morgan fingerprint density at radius 3 is 2.78 bits per heavy atom. The molecule has 1 saturated heterocycles. The topological polar surface area (TPSA) is 49.7 Å². The van der Waals surface area contributed by atoms with Crippen LogP contribution in [0.5, 0.6) is 0 Å². The zero-order chi connectivity index (χ0) is 6.69. The number of ether oxygens (including phenoxy) is 1. The highest BCUT2D eigenvalue weighted by molar-refractivity contribution is 4.74. The van der Waals surface area contributed by atoms with Crippen molar-refractivity contribution in [2.45, 2.75) is 25.0 Å². The molecule has 0 aliphatic carbocycles. The van der Waals surface area contributed by atoms with Gasteiger partial charge in [-0.1, -0.05) is 0 Å². The van der Waals surface area contributed by atoms with Crippen molar-refractivity contribution in [2.75, 3.05) is 13.2 Å². The van der Waals surface area contributed by atoms with Crippen molar-refractivity contribution in [1.82, 2.24) is 0 Å². The fourth-order valence-corrected chi connectivity index (χ4v) is 1.04. The molecule has 3 heteroatoms. The van der Waals surface area contributed by atoms with Crippen LogP contribution in [0, 0.1) is 0 Å². The minimum atomic E-state index is -0.350. The van der Waals surface area contributed by atoms with Crippen LogP contribution in [0.3, 0.4) is 0 Å². The molecule has 9 heavy (non-hydrogen) atoms. The third-order valence-corrected chi connectivity index (χ3v) is 1.59. The second kappa shape index (κ2) is 3.15. The third-order valence-electron chi connectivity index (χ3n) is 1.59. The average molecular weight is 132 g/mol. The lowest BCUT2D eigenvalue weighted by Crippen LogP contribution is -2.21. The summed E-state index contributed by atoms with van der Waals surface area (Å²) in [6.07, 6.45) is 0.804. The molecule has 1 aliphatic heterocycles. The maximum absolute atomic E-state index is 9.08. The van der Waals surface area contributed by atoms with Gasteiger partial charge in [-0.05, 0) is 12.8 Å². The van der Waals surface area contributed by atoms with Crippen LogP contribution in [0.1, 0.15) is 12.8 Å². The highest BCUT2D eigenvalue weighted by Gasteiger charge is 2.24. The van der Waals surface area contributed by atoms with Crippen molar-refractivity contribution in [3.05, 3.63) is 0 Å². The fraction of sp³-hybridized carbons (Fsp3) is 1.00. The van der Waals surface area contributed by atoms with Crippen molar-refractivity contribution >= 4 is 0 Å². The Morgan fingerprint density at radius 2 is 2.33 bits per heavy atom. The van der Waals surface area contributed by atoms with Crippen molar-refractivity contribution in [3.63, 3.8) is 0 Å². The van der Waals surface area contributed by atoms with Gasteiger partial charge >= 0.3 is 0 Å². The van der Waals surface area contributed by atoms with E-state index in [9.17, 15) is 0 Å². The van der Waals surface area contributed by atoms with E-state index < -0.39 is 0 Å². The van der Waals surface area contributed by atoms with E-state index in [1.807, 2.05) is 0 Å². The monoisotopic (exact) mass is 132 g/mol. The summed E-state index contributed by atoms with van der Waals surface area (Å²) in [5.41, 5.74) is 0. The summed E-state index contributed by atoms with van der Waals surface area (Å²) < 4.78 is 5.10. The summed E-state index contributed by atoms with van der Waals surface area (Å²) in [6.45, 7) is 0.730. The van der Waals surface area contributed by atoms with Gasteiger partial charge in [0.15, 0.2) is 0 Å². The number of aliphatic hydroxyl groups is 2. The van der Waals surface area contributed by atoms with Gasteiger partial charge in [0.1, 0.15) is 0 Å². The first kappa shape index (κ1) is 6.99. The maximum Gasteiger partial charge on any atom is 0.0856 e. The van der Waals surface area contributed by atoms with Crippen LogP contribution in [0.4, 0.5) is 0 Å². The Hall–Kier alpha value is -0.120. The third kappa shape index (κ3) is 1.64. The number of hydrogen-bond donors (Lipinski definition) is 2. The highest BCUT2D eigenvalue weighted by atomic mass is 16.5. The second-order valence-electron chi connectivity index (χ2n) is 2.28. The van der Waals surface area contributed by atoms with Crippen LogP contribution in [0.25, 0.3) is 0 Å². The predicted molar refractivity (Wildman–Crippen MR) is 32.1 cm³/mol. The molecule has 1 aliphatic rings. The van der Waals surface area contributed by atoms with Crippen molar-refractivity contribution in [1.29, 1.82) is 0 Å². The van der Waals surface area contributed by atoms with E-state index in [1.165, 1.54) is 0 Å². The van der Waals surface area contributed by atoms with Gasteiger partial charge in [-0.15, -0.1) is 0 Å². The predicted octanol–water partition coefficient (Wildman–Crippen LogP) is -0.481. The van der Waals surface area contributed by atoms with Gasteiger partial charge in [-0.2, -0.15) is 0 Å². The normalized spacial score (nSPS) is 35.3. The van der Waals surface area contributed by atoms with Gasteiger partial charge in [0, 0.05) is 13.2 Å². The Bertz CT molecular complexity index is 84.4. The van der Waals surface area contributed by atoms with Crippen LogP contribution in [-0.4, -0.2) is 35.6 Å². The van der Waals surface area contributed by atoms with Gasteiger partial charge in [0.05, 0.1) is 12.2 Å². The lowest BCUT2D eigenvalue weighted by Gasteiger charge is -2.10. The van der Waals surface area contributed by atoms with Crippen molar-refractivity contribution in [3.8, 4) is 0 Å². The quantitative estimate of drug-likeness (QED) is 0.533. The largest absolute Gasteiger partial charge is 0.396 e. The molecule has 1 heterocycles. The van der Waals surface area contributed by atoms with E-state index in [-0.39, 0.29) is 18.8 Å². The van der Waals surface area contributed by atoms with Gasteiger partial charge in [-0.25, -0.2) is 0 Å². The molecule has 1 rings (SSSR count). The zero-order valence-electron chi connectivity index (χ0n) is 5.29. The van der Waals surface area contributed by atoms with Gasteiger partial charge in [-0.3, -0.25) is 0 Å². The molecule has 0 saturated carbocycles. The lowest BCUT2D eigenvalue weighted by atomic mass is 10.1. The van der Waals surface area contributed by atoms with Crippen molar-refractivity contribution in [2.24, 2.45) is 0 Å². The first-order valence-electron chi connectivity index (χ1n) is 3.25. The summed E-state index contributed by atoms with van der Waals surface area (Å²) in [7, 11) is 0. The fourth-order valence-electron chi connectivity index (χ4n) is 1.04. The second-order valence-corrected chi connectivity index (χ2v) is 2.28. The summed E-state index contributed by atoms with van der Waals surface area (Å²) >= 11 is 0. The molecular formula is C6H12O3. The average Bonchev–Trinajstić information content (AvgIpc) is 2.18. The maximum atomic E-state index is 9.08. The van der Waals surface area contributed by atoms with Gasteiger partial charge in [0.25, 0.3) is 0 Å². The molecule has 0 aromatic carbocycles. The molecule has 3 nitrogen and oxygen atoms in total. The summed E-state index contributed by atoms with van der Waals surface area (Å²) in [6, 6.07) is 0. The standard InChI is InChI=1S/C6H12O3/c7-3-1-6-5(8)2-4-9-6/h5-8H,1-4H2. The molecule has 0 bridgehead atoms. The van der Waals surface area contributed by atoms with Crippen molar-refractivity contribution < 1.29 is 14.9 Å². The summed E-state index contributed by atoms with van der Waals surface area (Å²) in [4.78, 5) is 0. The van der Waals surface area contributed by atoms with E-state index in [1.54, 1.807) is 0 Å². The smallest absolute Gasteiger partial charge is 0.0856 e. The lowest BCUT2D eigenvalue weighted by molar-refractivity contribution is 0.0257. The molecule has 0 aromatic rings. The Labute approximate surface area is 54.3 Å². The van der Waals surface area contributed by atoms with Crippen LogP contribution >= 0.6 is 0 Å². The van der Waals surface area contributed by atoms with Crippen LogP contribution < -0.4 is 0 Å². The molecule has 0 aromatic heterocycles. The van der Waals surface area contributed by atoms with E-state index >= 15 is 0 Å². The SMILES string of the molecule is OCCC1OCCC1O. The number of hydrogen-bond acceptors (Lipinski definition) is 3. The molecule has 2 unspecified atom stereocenters. The van der Waals surface area contributed by atoms with Crippen LogP contribution in [-0.2, 0) is 4.74 Å². The number of aliphatic hydroxyl groups excluding tert-OH is 2. The van der Waals surface area contributed by atoms with E-state index in [0.29, 0.717) is 19.4 Å². The molecule has 2 N–H and O–H groups in total. The zero-order valence-corrected chi connectivity index (χ0v) is 5.29. The highest BCUT2D eigenvalue weighted by Crippen LogP contribution is 2.15. The van der Waals surface area contributed by atoms with E-state index in [2.05, 4.69) is 0 Å². The minimum absolute atomic E-state index is 0.0989. The Balaban J connectivity index is 2.22. The number of rotatable bonds is 2. The Morgan fingerprint density at radius 1 is 1.56 bits per heavy atom. The molecule has 0 amide bonds. The summed E-state index contributed by atoms with van der Waals surface area (Å²) in [5.74, 6) is 0. The summed E-state index contributed by atoms with van der Waals surface area (Å²) in [5, 5.41) is 17.5. The molecular weight excluding hydrogens is 120 g/mol. The minimum Gasteiger partial charge on any atom is -0.396 e. The molecule has 2 atom stereocenters. The van der Waals surface area contributed by atoms with E-state index in [4.69, 9.17) is 14.9 Å². The molecule has 0 spiro atoms. The first-order chi connectivity index (χ1) is 4.34. The first-order valence-corrected chi connectivity index (χ1v) is 3.25. The Kier molecular flexibility index (Phi) is 2.45. The molecule has 54 valence electrons. The van der Waals surface area contributed by atoms with Gasteiger partial charge < -0.3 is 14.9 Å².